The number of aromatic carboxylic acids is 1. The number of hydrogen-bond acceptors (Lipinski definition) is 1. The zero-order chi connectivity index (χ0) is 15.6. The van der Waals surface area contributed by atoms with Gasteiger partial charge in [-0.3, -0.25) is 0 Å². The monoisotopic (exact) mass is 302 g/mol. The highest BCUT2D eigenvalue weighted by molar-refractivity contribution is 6.33. The summed E-state index contributed by atoms with van der Waals surface area (Å²) in [5.74, 6) is -1.01. The fourth-order valence-electron chi connectivity index (χ4n) is 2.19. The van der Waals surface area contributed by atoms with E-state index in [1.807, 2.05) is 18.2 Å². The molecule has 0 saturated heterocycles. The van der Waals surface area contributed by atoms with Crippen LogP contribution in [-0.4, -0.2) is 11.1 Å². The minimum Gasteiger partial charge on any atom is -0.478 e. The van der Waals surface area contributed by atoms with Crippen molar-refractivity contribution in [3.63, 3.8) is 0 Å². The summed E-state index contributed by atoms with van der Waals surface area (Å²) in [5.41, 5.74) is 3.40. The van der Waals surface area contributed by atoms with Crippen LogP contribution in [0.5, 0.6) is 0 Å². The van der Waals surface area contributed by atoms with Gasteiger partial charge in [0.25, 0.3) is 0 Å². The number of carboxylic acid groups (broad SMARTS) is 1. The summed E-state index contributed by atoms with van der Waals surface area (Å²) in [6.07, 6.45) is 1.07. The number of carboxylic acids is 1. The number of rotatable bonds is 4. The summed E-state index contributed by atoms with van der Waals surface area (Å²) in [6, 6.07) is 13.4. The topological polar surface area (TPSA) is 37.3 Å². The summed E-state index contributed by atoms with van der Waals surface area (Å²) in [4.78, 5) is 11.1. The van der Waals surface area contributed by atoms with E-state index in [-0.39, 0.29) is 16.0 Å². The van der Waals surface area contributed by atoms with Crippen molar-refractivity contribution in [1.82, 2.24) is 0 Å². The summed E-state index contributed by atoms with van der Waals surface area (Å²) in [5, 5.41) is 9.39. The fraction of sp³-hybridized carbons (Fsp3) is 0.278. The van der Waals surface area contributed by atoms with Gasteiger partial charge in [0.1, 0.15) is 0 Å². The molecule has 2 aromatic carbocycles. The van der Waals surface area contributed by atoms with E-state index >= 15 is 0 Å². The predicted octanol–water partition coefficient (Wildman–Crippen LogP) is 5.39. The molecule has 0 radical (unpaired) electrons. The Kier molecular flexibility index (Phi) is 4.38. The third-order valence-corrected chi connectivity index (χ3v) is 4.41. The van der Waals surface area contributed by atoms with E-state index in [2.05, 4.69) is 32.9 Å². The fourth-order valence-corrected chi connectivity index (χ4v) is 2.39. The number of carbonyl (C=O) groups is 1. The summed E-state index contributed by atoms with van der Waals surface area (Å²) >= 11 is 5.90. The van der Waals surface area contributed by atoms with Gasteiger partial charge in [-0.05, 0) is 40.7 Å². The van der Waals surface area contributed by atoms with Gasteiger partial charge in [-0.1, -0.05) is 62.7 Å². The second-order valence-corrected chi connectivity index (χ2v) is 6.22. The highest BCUT2D eigenvalue weighted by Gasteiger charge is 2.17. The van der Waals surface area contributed by atoms with Crippen LogP contribution in [0.2, 0.25) is 5.02 Å². The van der Waals surface area contributed by atoms with Crippen molar-refractivity contribution >= 4 is 17.6 Å². The lowest BCUT2D eigenvalue weighted by molar-refractivity contribution is 0.0697. The lowest BCUT2D eigenvalue weighted by Gasteiger charge is -2.23. The van der Waals surface area contributed by atoms with Crippen molar-refractivity contribution in [2.45, 2.75) is 32.6 Å². The molecule has 2 aromatic rings. The van der Waals surface area contributed by atoms with E-state index < -0.39 is 5.97 Å². The molecular formula is C18H19ClO2. The second-order valence-electron chi connectivity index (χ2n) is 5.81. The average molecular weight is 303 g/mol. The molecule has 21 heavy (non-hydrogen) atoms. The van der Waals surface area contributed by atoms with Gasteiger partial charge in [0, 0.05) is 0 Å². The van der Waals surface area contributed by atoms with Crippen LogP contribution in [0.15, 0.2) is 42.5 Å². The lowest BCUT2D eigenvalue weighted by atomic mass is 9.82. The van der Waals surface area contributed by atoms with Gasteiger partial charge in [-0.25, -0.2) is 4.79 Å². The van der Waals surface area contributed by atoms with Crippen molar-refractivity contribution < 1.29 is 9.90 Å². The van der Waals surface area contributed by atoms with E-state index in [9.17, 15) is 4.79 Å². The number of halogens is 1. The zero-order valence-corrected chi connectivity index (χ0v) is 13.2. The molecule has 2 nitrogen and oxygen atoms in total. The molecule has 0 aliphatic carbocycles. The molecule has 0 aliphatic rings. The summed E-state index contributed by atoms with van der Waals surface area (Å²) in [6.45, 7) is 6.60. The lowest BCUT2D eigenvalue weighted by Crippen LogP contribution is -2.14. The molecule has 110 valence electrons. The van der Waals surface area contributed by atoms with Gasteiger partial charge in [0.05, 0.1) is 10.6 Å². The third-order valence-electron chi connectivity index (χ3n) is 4.08. The molecule has 0 spiro atoms. The normalized spacial score (nSPS) is 11.4. The summed E-state index contributed by atoms with van der Waals surface area (Å²) in [7, 11) is 0. The van der Waals surface area contributed by atoms with Crippen LogP contribution < -0.4 is 0 Å². The largest absolute Gasteiger partial charge is 0.478 e. The van der Waals surface area contributed by atoms with Crippen LogP contribution >= 0.6 is 11.6 Å². The van der Waals surface area contributed by atoms with Crippen molar-refractivity contribution in [3.8, 4) is 11.1 Å². The quantitative estimate of drug-likeness (QED) is 0.821. The SMILES string of the molecule is CCC(C)(C)c1ccc(-c2ccc(Cl)c(C(=O)O)c2)cc1. The van der Waals surface area contributed by atoms with Gasteiger partial charge >= 0.3 is 5.97 Å². The van der Waals surface area contributed by atoms with E-state index in [0.717, 1.165) is 17.5 Å². The maximum Gasteiger partial charge on any atom is 0.337 e. The highest BCUT2D eigenvalue weighted by Crippen LogP contribution is 2.30. The Labute approximate surface area is 130 Å². The van der Waals surface area contributed by atoms with Gasteiger partial charge in [-0.2, -0.15) is 0 Å². The van der Waals surface area contributed by atoms with Crippen LogP contribution in [-0.2, 0) is 5.41 Å². The van der Waals surface area contributed by atoms with E-state index in [0.29, 0.717) is 0 Å². The molecule has 0 saturated carbocycles. The van der Waals surface area contributed by atoms with E-state index in [4.69, 9.17) is 16.7 Å². The van der Waals surface area contributed by atoms with Crippen LogP contribution in [0.25, 0.3) is 11.1 Å². The van der Waals surface area contributed by atoms with Gasteiger partial charge in [0.15, 0.2) is 0 Å². The Morgan fingerprint density at radius 2 is 1.67 bits per heavy atom. The molecule has 0 unspecified atom stereocenters. The second kappa shape index (κ2) is 5.90. The maximum atomic E-state index is 11.1. The van der Waals surface area contributed by atoms with E-state index in [1.54, 1.807) is 12.1 Å². The first kappa shape index (κ1) is 15.6. The predicted molar refractivity (Wildman–Crippen MR) is 87.2 cm³/mol. The molecule has 0 aromatic heterocycles. The third kappa shape index (κ3) is 3.27. The maximum absolute atomic E-state index is 11.1. The molecule has 0 amide bonds. The first-order valence-corrected chi connectivity index (χ1v) is 7.36. The van der Waals surface area contributed by atoms with Crippen molar-refractivity contribution in [2.24, 2.45) is 0 Å². The van der Waals surface area contributed by atoms with Crippen LogP contribution in [0.1, 0.15) is 43.1 Å². The number of benzene rings is 2. The molecule has 0 bridgehead atoms. The number of hydrogen-bond donors (Lipinski definition) is 1. The molecule has 0 aliphatic heterocycles. The van der Waals surface area contributed by atoms with Crippen molar-refractivity contribution in [1.29, 1.82) is 0 Å². The minimum absolute atomic E-state index is 0.132. The van der Waals surface area contributed by atoms with Crippen LogP contribution in [0.4, 0.5) is 0 Å². The first-order valence-electron chi connectivity index (χ1n) is 6.99. The summed E-state index contributed by atoms with van der Waals surface area (Å²) < 4.78 is 0. The Hall–Kier alpha value is -1.80. The van der Waals surface area contributed by atoms with Crippen molar-refractivity contribution in [3.05, 3.63) is 58.6 Å². The van der Waals surface area contributed by atoms with Gasteiger partial charge < -0.3 is 5.11 Å². The standard InChI is InChI=1S/C18H19ClO2/c1-4-18(2,3)14-8-5-12(6-9-14)13-7-10-16(19)15(11-13)17(20)21/h5-11H,4H2,1-3H3,(H,20,21). The molecular weight excluding hydrogens is 284 g/mol. The molecule has 0 fully saturated rings. The first-order chi connectivity index (χ1) is 9.85. The Morgan fingerprint density at radius 3 is 2.19 bits per heavy atom. The smallest absolute Gasteiger partial charge is 0.337 e. The Morgan fingerprint density at radius 1 is 1.10 bits per heavy atom. The minimum atomic E-state index is -1.01. The highest BCUT2D eigenvalue weighted by atomic mass is 35.5. The molecule has 2 rings (SSSR count). The molecule has 0 atom stereocenters. The molecule has 1 N–H and O–H groups in total. The molecule has 0 heterocycles. The van der Waals surface area contributed by atoms with Crippen LogP contribution in [0.3, 0.4) is 0 Å². The van der Waals surface area contributed by atoms with Crippen molar-refractivity contribution in [2.75, 3.05) is 0 Å². The Bertz CT molecular complexity index is 657. The zero-order valence-electron chi connectivity index (χ0n) is 12.5. The van der Waals surface area contributed by atoms with Gasteiger partial charge in [-0.15, -0.1) is 0 Å². The molecule has 3 heteroatoms. The average Bonchev–Trinajstić information content (AvgIpc) is 2.47. The Balaban J connectivity index is 2.40. The van der Waals surface area contributed by atoms with Crippen LogP contribution in [0, 0.1) is 0 Å². The van der Waals surface area contributed by atoms with Gasteiger partial charge in [0.2, 0.25) is 0 Å². The van der Waals surface area contributed by atoms with E-state index in [1.165, 1.54) is 5.56 Å².